The van der Waals surface area contributed by atoms with Crippen LogP contribution in [0.1, 0.15) is 13.8 Å². The van der Waals surface area contributed by atoms with Gasteiger partial charge in [0.1, 0.15) is 5.82 Å². The lowest BCUT2D eigenvalue weighted by Gasteiger charge is -2.11. The van der Waals surface area contributed by atoms with Gasteiger partial charge in [0.25, 0.3) is 0 Å². The van der Waals surface area contributed by atoms with Gasteiger partial charge in [-0.25, -0.2) is 4.39 Å². The van der Waals surface area contributed by atoms with Crippen molar-refractivity contribution >= 4 is 0 Å². The molecule has 78 valence electrons. The summed E-state index contributed by atoms with van der Waals surface area (Å²) in [6, 6.07) is 4.25. The molecule has 0 amide bonds. The molecule has 0 aliphatic carbocycles. The van der Waals surface area contributed by atoms with E-state index in [9.17, 15) is 4.39 Å². The minimum atomic E-state index is -0.321. The van der Waals surface area contributed by atoms with Gasteiger partial charge in [-0.2, -0.15) is 0 Å². The van der Waals surface area contributed by atoms with Crippen molar-refractivity contribution in [1.82, 2.24) is 0 Å². The first-order valence-electron chi connectivity index (χ1n) is 4.60. The van der Waals surface area contributed by atoms with Gasteiger partial charge in [0.15, 0.2) is 11.5 Å². The molecule has 0 heterocycles. The second-order valence-corrected chi connectivity index (χ2v) is 3.50. The van der Waals surface area contributed by atoms with Crippen molar-refractivity contribution in [2.45, 2.75) is 13.8 Å². The molecule has 1 aromatic rings. The predicted octanol–water partition coefficient (Wildman–Crippen LogP) is 2.87. The smallest absolute Gasteiger partial charge is 0.163 e. The van der Waals surface area contributed by atoms with E-state index in [2.05, 4.69) is 13.8 Å². The molecule has 0 aliphatic heterocycles. The second-order valence-electron chi connectivity index (χ2n) is 3.50. The molecule has 1 aromatic carbocycles. The van der Waals surface area contributed by atoms with Crippen LogP contribution < -0.4 is 9.47 Å². The van der Waals surface area contributed by atoms with Crippen molar-refractivity contribution in [1.29, 1.82) is 0 Å². The molecule has 0 saturated carbocycles. The van der Waals surface area contributed by atoms with Crippen molar-refractivity contribution in [3.8, 4) is 11.5 Å². The molecule has 0 bridgehead atoms. The average molecular weight is 198 g/mol. The molecule has 1 rings (SSSR count). The fourth-order valence-electron chi connectivity index (χ4n) is 1.02. The lowest BCUT2D eigenvalue weighted by molar-refractivity contribution is 0.256. The third-order valence-electron chi connectivity index (χ3n) is 1.70. The van der Waals surface area contributed by atoms with Crippen LogP contribution in [0, 0.1) is 11.7 Å². The molecule has 0 aromatic heterocycles. The molecule has 0 N–H and O–H groups in total. The molecule has 14 heavy (non-hydrogen) atoms. The van der Waals surface area contributed by atoms with Crippen LogP contribution in [-0.2, 0) is 0 Å². The van der Waals surface area contributed by atoms with Crippen molar-refractivity contribution in [2.24, 2.45) is 5.92 Å². The first-order valence-corrected chi connectivity index (χ1v) is 4.60. The van der Waals surface area contributed by atoms with E-state index in [-0.39, 0.29) is 5.82 Å². The summed E-state index contributed by atoms with van der Waals surface area (Å²) in [5.74, 6) is 1.14. The van der Waals surface area contributed by atoms with Gasteiger partial charge in [-0.1, -0.05) is 13.8 Å². The number of rotatable bonds is 4. The Balaban J connectivity index is 2.75. The highest BCUT2D eigenvalue weighted by Crippen LogP contribution is 2.27. The van der Waals surface area contributed by atoms with Crippen molar-refractivity contribution in [3.05, 3.63) is 24.0 Å². The van der Waals surface area contributed by atoms with E-state index in [1.807, 2.05) is 0 Å². The molecule has 0 aliphatic rings. The van der Waals surface area contributed by atoms with Gasteiger partial charge in [-0.3, -0.25) is 0 Å². The summed E-state index contributed by atoms with van der Waals surface area (Å²) in [5, 5.41) is 0. The molecule has 0 atom stereocenters. The zero-order chi connectivity index (χ0) is 10.6. The van der Waals surface area contributed by atoms with Gasteiger partial charge in [0.05, 0.1) is 13.7 Å². The highest BCUT2D eigenvalue weighted by atomic mass is 19.1. The number of methoxy groups -OCH3 is 1. The van der Waals surface area contributed by atoms with Crippen LogP contribution in [-0.4, -0.2) is 13.7 Å². The van der Waals surface area contributed by atoms with Gasteiger partial charge in [-0.05, 0) is 18.1 Å². The maximum Gasteiger partial charge on any atom is 0.163 e. The van der Waals surface area contributed by atoms with Gasteiger partial charge in [0, 0.05) is 6.07 Å². The average Bonchev–Trinajstić information content (AvgIpc) is 2.15. The first-order chi connectivity index (χ1) is 6.63. The minimum absolute atomic E-state index is 0.321. The third-order valence-corrected chi connectivity index (χ3v) is 1.70. The van der Waals surface area contributed by atoms with Crippen LogP contribution in [0.25, 0.3) is 0 Å². The quantitative estimate of drug-likeness (QED) is 0.740. The lowest BCUT2D eigenvalue weighted by Crippen LogP contribution is -2.05. The standard InChI is InChI=1S/C11H15FO2/c1-8(2)7-14-10-5-4-9(12)6-11(10)13-3/h4-6,8H,7H2,1-3H3. The normalized spacial score (nSPS) is 10.4. The Morgan fingerprint density at radius 3 is 2.57 bits per heavy atom. The Bertz CT molecular complexity index is 297. The summed E-state index contributed by atoms with van der Waals surface area (Å²) in [6.45, 7) is 4.70. The topological polar surface area (TPSA) is 18.5 Å². The van der Waals surface area contributed by atoms with E-state index in [1.165, 1.54) is 19.2 Å². The summed E-state index contributed by atoms with van der Waals surface area (Å²) >= 11 is 0. The van der Waals surface area contributed by atoms with E-state index >= 15 is 0 Å². The Morgan fingerprint density at radius 1 is 1.29 bits per heavy atom. The van der Waals surface area contributed by atoms with Gasteiger partial charge >= 0.3 is 0 Å². The number of hydrogen-bond acceptors (Lipinski definition) is 2. The highest BCUT2D eigenvalue weighted by molar-refractivity contribution is 5.39. The van der Waals surface area contributed by atoms with E-state index in [1.54, 1.807) is 6.07 Å². The van der Waals surface area contributed by atoms with Crippen molar-refractivity contribution in [2.75, 3.05) is 13.7 Å². The van der Waals surface area contributed by atoms with Crippen LogP contribution in [0.2, 0.25) is 0 Å². The van der Waals surface area contributed by atoms with Crippen molar-refractivity contribution < 1.29 is 13.9 Å². The monoisotopic (exact) mass is 198 g/mol. The Morgan fingerprint density at radius 2 is 2.00 bits per heavy atom. The molecular formula is C11H15FO2. The molecule has 3 heteroatoms. The van der Waals surface area contributed by atoms with E-state index in [0.717, 1.165) is 0 Å². The third kappa shape index (κ3) is 2.91. The first kappa shape index (κ1) is 10.8. The maximum absolute atomic E-state index is 12.8. The van der Waals surface area contributed by atoms with E-state index < -0.39 is 0 Å². The second kappa shape index (κ2) is 4.84. The molecular weight excluding hydrogens is 183 g/mol. The largest absolute Gasteiger partial charge is 0.493 e. The van der Waals surface area contributed by atoms with E-state index in [0.29, 0.717) is 24.0 Å². The maximum atomic E-state index is 12.8. The van der Waals surface area contributed by atoms with Gasteiger partial charge in [-0.15, -0.1) is 0 Å². The Kier molecular flexibility index (Phi) is 3.74. The number of halogens is 1. The predicted molar refractivity (Wildman–Crippen MR) is 53.3 cm³/mol. The molecule has 0 radical (unpaired) electrons. The number of ether oxygens (including phenoxy) is 2. The van der Waals surface area contributed by atoms with Crippen LogP contribution in [0.15, 0.2) is 18.2 Å². The lowest BCUT2D eigenvalue weighted by atomic mass is 10.2. The fraction of sp³-hybridized carbons (Fsp3) is 0.455. The zero-order valence-electron chi connectivity index (χ0n) is 8.71. The van der Waals surface area contributed by atoms with E-state index in [4.69, 9.17) is 9.47 Å². The van der Waals surface area contributed by atoms with Crippen LogP contribution in [0.3, 0.4) is 0 Å². The van der Waals surface area contributed by atoms with Gasteiger partial charge < -0.3 is 9.47 Å². The molecule has 0 saturated heterocycles. The van der Waals surface area contributed by atoms with Gasteiger partial charge in [0.2, 0.25) is 0 Å². The van der Waals surface area contributed by atoms with Crippen molar-refractivity contribution in [3.63, 3.8) is 0 Å². The van der Waals surface area contributed by atoms with Crippen LogP contribution in [0.5, 0.6) is 11.5 Å². The summed E-state index contributed by atoms with van der Waals surface area (Å²) < 4.78 is 23.2. The molecule has 0 unspecified atom stereocenters. The fourth-order valence-corrected chi connectivity index (χ4v) is 1.02. The summed E-state index contributed by atoms with van der Waals surface area (Å²) in [6.07, 6.45) is 0. The molecule has 0 fully saturated rings. The number of hydrogen-bond donors (Lipinski definition) is 0. The number of benzene rings is 1. The molecule has 0 spiro atoms. The Hall–Kier alpha value is -1.25. The summed E-state index contributed by atoms with van der Waals surface area (Å²) in [7, 11) is 1.50. The Labute approximate surface area is 83.6 Å². The summed E-state index contributed by atoms with van der Waals surface area (Å²) in [4.78, 5) is 0. The summed E-state index contributed by atoms with van der Waals surface area (Å²) in [5.41, 5.74) is 0. The van der Waals surface area contributed by atoms with Crippen LogP contribution >= 0.6 is 0 Å². The van der Waals surface area contributed by atoms with Crippen LogP contribution in [0.4, 0.5) is 4.39 Å². The zero-order valence-corrected chi connectivity index (χ0v) is 8.71. The highest BCUT2D eigenvalue weighted by Gasteiger charge is 2.06. The molecule has 2 nitrogen and oxygen atoms in total. The minimum Gasteiger partial charge on any atom is -0.493 e. The SMILES string of the molecule is COc1cc(F)ccc1OCC(C)C.